The third-order valence-electron chi connectivity index (χ3n) is 3.08. The predicted molar refractivity (Wildman–Crippen MR) is 89.4 cm³/mol. The molecule has 1 heterocycles. The number of nitrogens with one attached hydrogen (secondary N) is 1. The van der Waals surface area contributed by atoms with Gasteiger partial charge in [0.2, 0.25) is 0 Å². The highest BCUT2D eigenvalue weighted by Crippen LogP contribution is 2.50. The molecule has 0 aliphatic heterocycles. The molecule has 0 atom stereocenters. The van der Waals surface area contributed by atoms with Crippen molar-refractivity contribution in [2.24, 2.45) is 0 Å². The van der Waals surface area contributed by atoms with Crippen LogP contribution in [0.15, 0.2) is 18.3 Å². The van der Waals surface area contributed by atoms with Crippen molar-refractivity contribution in [2.45, 2.75) is 64.5 Å². The van der Waals surface area contributed by atoms with Gasteiger partial charge in [0.05, 0.1) is 23.2 Å². The topological polar surface area (TPSA) is 60.5 Å². The van der Waals surface area contributed by atoms with E-state index < -0.39 is 20.0 Å². The minimum Gasteiger partial charge on any atom is -0.444 e. The van der Waals surface area contributed by atoms with E-state index in [1.54, 1.807) is 6.20 Å². The summed E-state index contributed by atoms with van der Waals surface area (Å²) in [6, 6.07) is 3.78. The summed E-state index contributed by atoms with van der Waals surface area (Å²) in [6.45, 7) is 12.1. The van der Waals surface area contributed by atoms with E-state index in [0.29, 0.717) is 5.69 Å². The van der Waals surface area contributed by atoms with Crippen molar-refractivity contribution in [1.82, 2.24) is 4.98 Å². The van der Waals surface area contributed by atoms with E-state index in [1.807, 2.05) is 32.9 Å². The van der Waals surface area contributed by atoms with E-state index in [0.717, 1.165) is 18.5 Å². The van der Waals surface area contributed by atoms with Crippen molar-refractivity contribution in [3.63, 3.8) is 0 Å². The normalized spacial score (nSPS) is 17.0. The van der Waals surface area contributed by atoms with Gasteiger partial charge in [0, 0.05) is 0 Å². The van der Waals surface area contributed by atoms with Gasteiger partial charge in [0.1, 0.15) is 5.60 Å². The third kappa shape index (κ3) is 4.81. The summed E-state index contributed by atoms with van der Waals surface area (Å²) in [6.07, 6.45) is 3.22. The summed E-state index contributed by atoms with van der Waals surface area (Å²) in [5.74, 6) is 0. The Hall–Kier alpha value is -1.40. The van der Waals surface area contributed by atoms with Crippen molar-refractivity contribution in [1.29, 1.82) is 0 Å². The number of carbonyl (C=O) groups excluding carboxylic acids is 1. The first kappa shape index (κ1) is 17.0. The van der Waals surface area contributed by atoms with Crippen molar-refractivity contribution in [3.8, 4) is 0 Å². The molecule has 1 aromatic rings. The van der Waals surface area contributed by atoms with Gasteiger partial charge in [-0.15, -0.1) is 0 Å². The number of aromatic nitrogens is 1. The van der Waals surface area contributed by atoms with Gasteiger partial charge in [0.15, 0.2) is 8.32 Å². The van der Waals surface area contributed by atoms with Gasteiger partial charge in [-0.1, -0.05) is 0 Å². The van der Waals surface area contributed by atoms with Crippen LogP contribution in [0.1, 0.15) is 39.3 Å². The Labute approximate surface area is 133 Å². The first-order valence-electron chi connectivity index (χ1n) is 7.66. The van der Waals surface area contributed by atoms with Crippen LogP contribution in [-0.2, 0) is 14.8 Å². The van der Waals surface area contributed by atoms with Crippen LogP contribution < -0.4 is 5.32 Å². The Bertz CT molecular complexity index is 540. The predicted octanol–water partition coefficient (Wildman–Crippen LogP) is 4.27. The van der Waals surface area contributed by atoms with Gasteiger partial charge in [-0.2, -0.15) is 0 Å². The molecular weight excluding hydrogens is 296 g/mol. The van der Waals surface area contributed by atoms with Crippen LogP contribution in [0.3, 0.4) is 0 Å². The highest BCUT2D eigenvalue weighted by Gasteiger charge is 2.49. The SMILES string of the molecule is CC(C)(C)OC(=O)Nc1ccc(C2(O[Si](C)(C)C)CC2)nc1. The van der Waals surface area contributed by atoms with E-state index in [9.17, 15) is 4.79 Å². The number of amides is 1. The van der Waals surface area contributed by atoms with Crippen LogP contribution in [0.2, 0.25) is 19.6 Å². The number of anilines is 1. The summed E-state index contributed by atoms with van der Waals surface area (Å²) in [5, 5.41) is 2.69. The fourth-order valence-corrected chi connectivity index (χ4v) is 3.75. The highest BCUT2D eigenvalue weighted by molar-refractivity contribution is 6.69. The molecule has 122 valence electrons. The summed E-state index contributed by atoms with van der Waals surface area (Å²) in [4.78, 5) is 16.2. The molecule has 0 spiro atoms. The van der Waals surface area contributed by atoms with Crippen LogP contribution in [0.5, 0.6) is 0 Å². The van der Waals surface area contributed by atoms with Gasteiger partial charge in [-0.05, 0) is 65.4 Å². The molecule has 1 amide bonds. The van der Waals surface area contributed by atoms with Gasteiger partial charge in [0.25, 0.3) is 0 Å². The molecule has 2 rings (SSSR count). The van der Waals surface area contributed by atoms with Gasteiger partial charge < -0.3 is 9.16 Å². The Balaban J connectivity index is 2.01. The van der Waals surface area contributed by atoms with Crippen LogP contribution in [-0.4, -0.2) is 25.0 Å². The van der Waals surface area contributed by atoms with E-state index in [-0.39, 0.29) is 5.60 Å². The second-order valence-electron chi connectivity index (χ2n) is 7.77. The lowest BCUT2D eigenvalue weighted by atomic mass is 10.2. The minimum atomic E-state index is -1.61. The molecule has 0 unspecified atom stereocenters. The molecule has 22 heavy (non-hydrogen) atoms. The van der Waals surface area contributed by atoms with Crippen molar-refractivity contribution in [3.05, 3.63) is 24.0 Å². The maximum absolute atomic E-state index is 11.7. The number of hydrogen-bond acceptors (Lipinski definition) is 4. The fraction of sp³-hybridized carbons (Fsp3) is 0.625. The largest absolute Gasteiger partial charge is 0.444 e. The van der Waals surface area contributed by atoms with Crippen LogP contribution in [0.4, 0.5) is 10.5 Å². The molecule has 5 nitrogen and oxygen atoms in total. The van der Waals surface area contributed by atoms with Crippen molar-refractivity contribution < 1.29 is 14.0 Å². The Morgan fingerprint density at radius 3 is 2.32 bits per heavy atom. The van der Waals surface area contributed by atoms with E-state index in [2.05, 4.69) is 29.9 Å². The molecule has 1 N–H and O–H groups in total. The number of rotatable bonds is 4. The number of ether oxygens (including phenoxy) is 1. The summed E-state index contributed by atoms with van der Waals surface area (Å²) < 4.78 is 11.5. The molecule has 1 aliphatic carbocycles. The molecule has 0 bridgehead atoms. The average molecular weight is 322 g/mol. The summed E-state index contributed by atoms with van der Waals surface area (Å²) in [7, 11) is -1.61. The molecule has 6 heteroatoms. The molecule has 1 fully saturated rings. The Morgan fingerprint density at radius 1 is 1.27 bits per heavy atom. The lowest BCUT2D eigenvalue weighted by Crippen LogP contribution is -2.32. The van der Waals surface area contributed by atoms with Crippen LogP contribution in [0, 0.1) is 0 Å². The molecule has 0 saturated heterocycles. The minimum absolute atomic E-state index is 0.199. The zero-order chi connectivity index (χ0) is 16.6. The van der Waals surface area contributed by atoms with Gasteiger partial charge in [-0.3, -0.25) is 10.3 Å². The molecule has 1 aliphatic rings. The Morgan fingerprint density at radius 2 is 1.91 bits per heavy atom. The number of carbonyl (C=O) groups is 1. The van der Waals surface area contributed by atoms with E-state index in [4.69, 9.17) is 9.16 Å². The lowest BCUT2D eigenvalue weighted by molar-refractivity contribution is 0.0636. The van der Waals surface area contributed by atoms with Crippen LogP contribution in [0.25, 0.3) is 0 Å². The van der Waals surface area contributed by atoms with Crippen molar-refractivity contribution >= 4 is 20.1 Å². The van der Waals surface area contributed by atoms with Crippen LogP contribution >= 0.6 is 0 Å². The molecule has 1 aromatic heterocycles. The standard InChI is InChI=1S/C16H26N2O3Si/c1-15(2,3)20-14(19)18-12-7-8-13(17-11-12)16(9-10-16)21-22(4,5)6/h7-8,11H,9-10H2,1-6H3,(H,18,19). The number of pyridine rings is 1. The van der Waals surface area contributed by atoms with Crippen molar-refractivity contribution in [2.75, 3.05) is 5.32 Å². The average Bonchev–Trinajstić information content (AvgIpc) is 3.05. The lowest BCUT2D eigenvalue weighted by Gasteiger charge is -2.26. The summed E-state index contributed by atoms with van der Waals surface area (Å²) >= 11 is 0. The third-order valence-corrected chi connectivity index (χ3v) is 4.08. The molecule has 0 radical (unpaired) electrons. The second-order valence-corrected chi connectivity index (χ2v) is 12.2. The fourth-order valence-electron chi connectivity index (χ4n) is 2.27. The first-order chi connectivity index (χ1) is 9.99. The second kappa shape index (κ2) is 5.66. The quantitative estimate of drug-likeness (QED) is 0.841. The summed E-state index contributed by atoms with van der Waals surface area (Å²) in [5.41, 5.74) is 0.863. The smallest absolute Gasteiger partial charge is 0.412 e. The zero-order valence-corrected chi connectivity index (χ0v) is 15.3. The molecular formula is C16H26N2O3Si. The zero-order valence-electron chi connectivity index (χ0n) is 14.3. The molecule has 0 aromatic carbocycles. The van der Waals surface area contributed by atoms with Gasteiger partial charge in [-0.25, -0.2) is 4.79 Å². The van der Waals surface area contributed by atoms with E-state index >= 15 is 0 Å². The number of hydrogen-bond donors (Lipinski definition) is 1. The maximum atomic E-state index is 11.7. The monoisotopic (exact) mass is 322 g/mol. The highest BCUT2D eigenvalue weighted by atomic mass is 28.4. The van der Waals surface area contributed by atoms with Gasteiger partial charge >= 0.3 is 6.09 Å². The van der Waals surface area contributed by atoms with E-state index in [1.165, 1.54) is 0 Å². The first-order valence-corrected chi connectivity index (χ1v) is 11.1. The Kier molecular flexibility index (Phi) is 4.36. The molecule has 1 saturated carbocycles. The number of nitrogens with zero attached hydrogens (tertiary/aromatic N) is 1. The maximum Gasteiger partial charge on any atom is 0.412 e.